The van der Waals surface area contributed by atoms with Crippen LogP contribution in [0.3, 0.4) is 0 Å². The van der Waals surface area contributed by atoms with Crippen LogP contribution in [0.1, 0.15) is 16.1 Å². The molecule has 0 unspecified atom stereocenters. The van der Waals surface area contributed by atoms with Crippen molar-refractivity contribution in [3.05, 3.63) is 65.6 Å². The van der Waals surface area contributed by atoms with Crippen molar-refractivity contribution in [2.45, 2.75) is 6.92 Å². The second-order valence-corrected chi connectivity index (χ2v) is 4.99. The number of nitrogens with zero attached hydrogens (tertiary/aromatic N) is 2. The third-order valence-electron chi connectivity index (χ3n) is 3.24. The minimum Gasteiger partial charge on any atom is -0.465 e. The summed E-state index contributed by atoms with van der Waals surface area (Å²) in [5, 5.41) is 14.6. The SMILES string of the molecule is COC(=O)c1ccccc1NC(=O)/C(C#N)=C\Nc1ccc(C)nc1. The Morgan fingerprint density at radius 1 is 1.24 bits per heavy atom. The largest absolute Gasteiger partial charge is 0.465 e. The summed E-state index contributed by atoms with van der Waals surface area (Å²) in [6.07, 6.45) is 2.87. The number of benzene rings is 1. The van der Waals surface area contributed by atoms with Crippen LogP contribution in [0.15, 0.2) is 54.4 Å². The van der Waals surface area contributed by atoms with Crippen LogP contribution in [0, 0.1) is 18.3 Å². The van der Waals surface area contributed by atoms with E-state index in [0.29, 0.717) is 5.69 Å². The molecule has 0 aliphatic carbocycles. The van der Waals surface area contributed by atoms with E-state index >= 15 is 0 Å². The number of carbonyl (C=O) groups is 2. The smallest absolute Gasteiger partial charge is 0.339 e. The van der Waals surface area contributed by atoms with Crippen molar-refractivity contribution in [2.24, 2.45) is 0 Å². The monoisotopic (exact) mass is 336 g/mol. The van der Waals surface area contributed by atoms with Gasteiger partial charge in [0.05, 0.1) is 30.2 Å². The number of para-hydroxylation sites is 1. The van der Waals surface area contributed by atoms with Crippen molar-refractivity contribution in [1.82, 2.24) is 4.98 Å². The maximum Gasteiger partial charge on any atom is 0.339 e. The molecular formula is C18H16N4O3. The number of amides is 1. The molecule has 7 nitrogen and oxygen atoms in total. The van der Waals surface area contributed by atoms with Gasteiger partial charge >= 0.3 is 5.97 Å². The molecule has 1 heterocycles. The third-order valence-corrected chi connectivity index (χ3v) is 3.24. The molecule has 25 heavy (non-hydrogen) atoms. The molecule has 0 saturated carbocycles. The fourth-order valence-electron chi connectivity index (χ4n) is 1.93. The van der Waals surface area contributed by atoms with Gasteiger partial charge in [0.25, 0.3) is 5.91 Å². The number of anilines is 2. The van der Waals surface area contributed by atoms with E-state index in [9.17, 15) is 14.9 Å². The van der Waals surface area contributed by atoms with Crippen LogP contribution in [0.4, 0.5) is 11.4 Å². The number of aromatic nitrogens is 1. The summed E-state index contributed by atoms with van der Waals surface area (Å²) in [5.41, 5.74) is 1.80. The van der Waals surface area contributed by atoms with Crippen molar-refractivity contribution in [2.75, 3.05) is 17.7 Å². The first-order chi connectivity index (χ1) is 12.0. The van der Waals surface area contributed by atoms with E-state index in [4.69, 9.17) is 0 Å². The fourth-order valence-corrected chi connectivity index (χ4v) is 1.93. The molecule has 0 bridgehead atoms. The summed E-state index contributed by atoms with van der Waals surface area (Å²) < 4.78 is 4.67. The fraction of sp³-hybridized carbons (Fsp3) is 0.111. The van der Waals surface area contributed by atoms with Crippen LogP contribution in [0.25, 0.3) is 0 Å². The summed E-state index contributed by atoms with van der Waals surface area (Å²) in [6, 6.07) is 11.8. The molecule has 1 aromatic carbocycles. The number of rotatable bonds is 5. The van der Waals surface area contributed by atoms with E-state index in [-0.39, 0.29) is 16.8 Å². The van der Waals surface area contributed by atoms with Crippen LogP contribution in [0.2, 0.25) is 0 Å². The Hall–Kier alpha value is -3.66. The number of methoxy groups -OCH3 is 1. The first-order valence-corrected chi connectivity index (χ1v) is 7.33. The molecule has 0 fully saturated rings. The Labute approximate surface area is 145 Å². The number of hydrogen-bond acceptors (Lipinski definition) is 6. The van der Waals surface area contributed by atoms with Gasteiger partial charge in [-0.1, -0.05) is 12.1 Å². The highest BCUT2D eigenvalue weighted by molar-refractivity contribution is 6.09. The van der Waals surface area contributed by atoms with Crippen molar-refractivity contribution >= 4 is 23.3 Å². The van der Waals surface area contributed by atoms with Gasteiger partial charge in [-0.05, 0) is 31.2 Å². The highest BCUT2D eigenvalue weighted by Gasteiger charge is 2.15. The van der Waals surface area contributed by atoms with Crippen molar-refractivity contribution in [3.63, 3.8) is 0 Å². The summed E-state index contributed by atoms with van der Waals surface area (Å²) in [5.74, 6) is -1.23. The van der Waals surface area contributed by atoms with E-state index in [0.717, 1.165) is 5.69 Å². The highest BCUT2D eigenvalue weighted by atomic mass is 16.5. The van der Waals surface area contributed by atoms with E-state index in [1.807, 2.05) is 13.0 Å². The number of aryl methyl sites for hydroxylation is 1. The molecule has 0 spiro atoms. The quantitative estimate of drug-likeness (QED) is 0.494. The second-order valence-electron chi connectivity index (χ2n) is 4.99. The number of ether oxygens (including phenoxy) is 1. The number of nitrogens with one attached hydrogen (secondary N) is 2. The van der Waals surface area contributed by atoms with Crippen molar-refractivity contribution in [3.8, 4) is 6.07 Å². The van der Waals surface area contributed by atoms with Crippen LogP contribution in [0.5, 0.6) is 0 Å². The Morgan fingerprint density at radius 3 is 2.64 bits per heavy atom. The first-order valence-electron chi connectivity index (χ1n) is 7.33. The lowest BCUT2D eigenvalue weighted by Crippen LogP contribution is -2.17. The molecule has 7 heteroatoms. The summed E-state index contributed by atoms with van der Waals surface area (Å²) in [4.78, 5) is 28.1. The normalized spacial score (nSPS) is 10.5. The molecule has 0 aliphatic heterocycles. The lowest BCUT2D eigenvalue weighted by Gasteiger charge is -2.09. The average molecular weight is 336 g/mol. The molecule has 2 aromatic rings. The predicted molar refractivity (Wildman–Crippen MR) is 92.7 cm³/mol. The van der Waals surface area contributed by atoms with Gasteiger partial charge < -0.3 is 15.4 Å². The molecule has 126 valence electrons. The molecule has 1 amide bonds. The maximum atomic E-state index is 12.3. The third kappa shape index (κ3) is 4.65. The highest BCUT2D eigenvalue weighted by Crippen LogP contribution is 2.17. The van der Waals surface area contributed by atoms with E-state index in [1.54, 1.807) is 36.5 Å². The van der Waals surface area contributed by atoms with E-state index in [2.05, 4.69) is 20.4 Å². The molecule has 0 aliphatic rings. The van der Waals surface area contributed by atoms with Crippen LogP contribution in [-0.2, 0) is 9.53 Å². The van der Waals surface area contributed by atoms with Gasteiger partial charge in [0.2, 0.25) is 0 Å². The van der Waals surface area contributed by atoms with Gasteiger partial charge in [0.15, 0.2) is 0 Å². The minimum atomic E-state index is -0.647. The molecule has 1 aromatic heterocycles. The first kappa shape index (κ1) is 17.7. The Balaban J connectivity index is 2.15. The van der Waals surface area contributed by atoms with Gasteiger partial charge in [-0.25, -0.2) is 4.79 Å². The van der Waals surface area contributed by atoms with E-state index in [1.165, 1.54) is 19.4 Å². The Morgan fingerprint density at radius 2 is 2.00 bits per heavy atom. The van der Waals surface area contributed by atoms with Crippen molar-refractivity contribution in [1.29, 1.82) is 5.26 Å². The number of hydrogen-bond donors (Lipinski definition) is 2. The topological polar surface area (TPSA) is 104 Å². The number of nitriles is 1. The number of pyridine rings is 1. The summed E-state index contributed by atoms with van der Waals surface area (Å²) >= 11 is 0. The predicted octanol–water partition coefficient (Wildman–Crippen LogP) is 2.63. The molecular weight excluding hydrogens is 320 g/mol. The summed E-state index contributed by atoms with van der Waals surface area (Å²) in [6.45, 7) is 1.85. The van der Waals surface area contributed by atoms with E-state index < -0.39 is 11.9 Å². The Kier molecular flexibility index (Phi) is 5.85. The standard InChI is InChI=1S/C18H16N4O3/c1-12-7-8-14(11-20-12)21-10-13(9-19)17(23)22-16-6-4-3-5-15(16)18(24)25-2/h3-8,10-11,21H,1-2H3,(H,22,23)/b13-10-. The van der Waals surface area contributed by atoms with Gasteiger partial charge in [-0.15, -0.1) is 0 Å². The van der Waals surface area contributed by atoms with Crippen LogP contribution < -0.4 is 10.6 Å². The number of esters is 1. The average Bonchev–Trinajstić information content (AvgIpc) is 2.63. The lowest BCUT2D eigenvalue weighted by molar-refractivity contribution is -0.112. The van der Waals surface area contributed by atoms with Gasteiger partial charge in [0, 0.05) is 11.9 Å². The van der Waals surface area contributed by atoms with Gasteiger partial charge in [-0.3, -0.25) is 9.78 Å². The summed E-state index contributed by atoms with van der Waals surface area (Å²) in [7, 11) is 1.25. The Bertz CT molecular complexity index is 851. The zero-order chi connectivity index (χ0) is 18.2. The molecule has 0 saturated heterocycles. The van der Waals surface area contributed by atoms with Crippen LogP contribution in [-0.4, -0.2) is 24.0 Å². The van der Waals surface area contributed by atoms with Gasteiger partial charge in [-0.2, -0.15) is 5.26 Å². The molecule has 2 N–H and O–H groups in total. The van der Waals surface area contributed by atoms with Crippen molar-refractivity contribution < 1.29 is 14.3 Å². The minimum absolute atomic E-state index is 0.153. The van der Waals surface area contributed by atoms with Gasteiger partial charge in [0.1, 0.15) is 11.6 Å². The molecule has 0 radical (unpaired) electrons. The molecule has 2 rings (SSSR count). The second kappa shape index (κ2) is 8.26. The zero-order valence-corrected chi connectivity index (χ0v) is 13.7. The van der Waals surface area contributed by atoms with Crippen LogP contribution >= 0.6 is 0 Å². The molecule has 0 atom stereocenters. The number of carbonyl (C=O) groups excluding carboxylic acids is 2. The maximum absolute atomic E-state index is 12.3. The zero-order valence-electron chi connectivity index (χ0n) is 13.7. The lowest BCUT2D eigenvalue weighted by atomic mass is 10.1.